The van der Waals surface area contributed by atoms with E-state index in [0.29, 0.717) is 16.5 Å². The molecule has 1 unspecified atom stereocenters. The number of thiophene rings is 1. The van der Waals surface area contributed by atoms with E-state index in [9.17, 15) is 9.59 Å². The molecule has 84 valence electrons. The van der Waals surface area contributed by atoms with Crippen molar-refractivity contribution in [3.05, 3.63) is 22.4 Å². The third-order valence-electron chi connectivity index (χ3n) is 1.98. The fourth-order valence-electron chi connectivity index (χ4n) is 1.30. The highest BCUT2D eigenvalue weighted by atomic mass is 32.2. The van der Waals surface area contributed by atoms with Gasteiger partial charge in [-0.2, -0.15) is 0 Å². The molecule has 16 heavy (non-hydrogen) atoms. The summed E-state index contributed by atoms with van der Waals surface area (Å²) >= 11 is 2.36. The van der Waals surface area contributed by atoms with Crippen LogP contribution in [-0.2, 0) is 4.79 Å². The van der Waals surface area contributed by atoms with Gasteiger partial charge in [0.2, 0.25) is 11.0 Å². The normalized spacial score (nSPS) is 20.2. The SMILES string of the molecule is CC1CC(=O)NC(SC(=O)c2cccs2)=N1. The zero-order valence-corrected chi connectivity index (χ0v) is 10.2. The first-order valence-electron chi connectivity index (χ1n) is 4.78. The van der Waals surface area contributed by atoms with Crippen LogP contribution in [0, 0.1) is 0 Å². The maximum atomic E-state index is 11.7. The van der Waals surface area contributed by atoms with E-state index < -0.39 is 0 Å². The van der Waals surface area contributed by atoms with Crippen LogP contribution in [0.15, 0.2) is 22.5 Å². The van der Waals surface area contributed by atoms with Crippen molar-refractivity contribution in [1.82, 2.24) is 5.32 Å². The molecule has 0 bridgehead atoms. The zero-order valence-electron chi connectivity index (χ0n) is 8.60. The van der Waals surface area contributed by atoms with Crippen molar-refractivity contribution < 1.29 is 9.59 Å². The fraction of sp³-hybridized carbons (Fsp3) is 0.300. The van der Waals surface area contributed by atoms with Gasteiger partial charge in [-0.15, -0.1) is 11.3 Å². The van der Waals surface area contributed by atoms with Crippen molar-refractivity contribution in [3.63, 3.8) is 0 Å². The molecule has 4 nitrogen and oxygen atoms in total. The molecule has 0 spiro atoms. The quantitative estimate of drug-likeness (QED) is 0.832. The van der Waals surface area contributed by atoms with Gasteiger partial charge in [-0.05, 0) is 30.1 Å². The molecule has 0 saturated heterocycles. The molecule has 1 aliphatic heterocycles. The van der Waals surface area contributed by atoms with Gasteiger partial charge >= 0.3 is 0 Å². The van der Waals surface area contributed by atoms with Crippen molar-refractivity contribution in [2.45, 2.75) is 19.4 Å². The van der Waals surface area contributed by atoms with E-state index in [2.05, 4.69) is 10.3 Å². The van der Waals surface area contributed by atoms with Crippen LogP contribution >= 0.6 is 23.1 Å². The molecule has 0 fully saturated rings. The highest BCUT2D eigenvalue weighted by molar-refractivity contribution is 8.26. The summed E-state index contributed by atoms with van der Waals surface area (Å²) in [5, 5.41) is 4.77. The number of nitrogens with one attached hydrogen (secondary N) is 1. The number of hydrogen-bond donors (Lipinski definition) is 1. The number of amides is 1. The van der Waals surface area contributed by atoms with Crippen LogP contribution in [0.2, 0.25) is 0 Å². The number of carbonyl (C=O) groups excluding carboxylic acids is 2. The van der Waals surface area contributed by atoms with Crippen LogP contribution in [0.1, 0.15) is 23.0 Å². The molecule has 2 rings (SSSR count). The summed E-state index contributed by atoms with van der Waals surface area (Å²) in [4.78, 5) is 27.8. The summed E-state index contributed by atoms with van der Waals surface area (Å²) in [6, 6.07) is 3.53. The molecule has 2 heterocycles. The van der Waals surface area contributed by atoms with E-state index in [1.54, 1.807) is 6.07 Å². The Kier molecular flexibility index (Phi) is 3.40. The minimum absolute atomic E-state index is 0.0487. The number of rotatable bonds is 1. The molecule has 1 aromatic rings. The lowest BCUT2D eigenvalue weighted by atomic mass is 10.2. The van der Waals surface area contributed by atoms with Crippen molar-refractivity contribution in [3.8, 4) is 0 Å². The van der Waals surface area contributed by atoms with Gasteiger partial charge < -0.3 is 5.32 Å². The monoisotopic (exact) mass is 254 g/mol. The second-order valence-electron chi connectivity index (χ2n) is 3.40. The van der Waals surface area contributed by atoms with Gasteiger partial charge in [0.05, 0.1) is 10.9 Å². The minimum atomic E-state index is -0.0804. The molecule has 1 N–H and O–H groups in total. The molecule has 0 aliphatic carbocycles. The van der Waals surface area contributed by atoms with Gasteiger partial charge in [0, 0.05) is 6.42 Å². The molecule has 1 atom stereocenters. The van der Waals surface area contributed by atoms with E-state index in [1.807, 2.05) is 18.4 Å². The van der Waals surface area contributed by atoms with E-state index in [0.717, 1.165) is 11.8 Å². The Morgan fingerprint density at radius 3 is 3.12 bits per heavy atom. The zero-order chi connectivity index (χ0) is 11.5. The van der Waals surface area contributed by atoms with Crippen LogP contribution in [0.3, 0.4) is 0 Å². The standard InChI is InChI=1S/C10H10N2O2S2/c1-6-5-8(13)12-10(11-6)16-9(14)7-3-2-4-15-7/h2-4,6H,5H2,1H3,(H,11,12,13). The number of nitrogens with zero attached hydrogens (tertiary/aromatic N) is 1. The lowest BCUT2D eigenvalue weighted by Crippen LogP contribution is -2.36. The first kappa shape index (κ1) is 11.3. The average Bonchev–Trinajstić information content (AvgIpc) is 2.68. The highest BCUT2D eigenvalue weighted by Crippen LogP contribution is 2.19. The van der Waals surface area contributed by atoms with Crippen molar-refractivity contribution in [1.29, 1.82) is 0 Å². The lowest BCUT2D eigenvalue weighted by Gasteiger charge is -2.16. The summed E-state index contributed by atoms with van der Waals surface area (Å²) in [5.41, 5.74) is 0. The molecule has 1 aromatic heterocycles. The van der Waals surface area contributed by atoms with Crippen molar-refractivity contribution in [2.75, 3.05) is 0 Å². The van der Waals surface area contributed by atoms with Crippen LogP contribution in [0.4, 0.5) is 0 Å². The number of thioether (sulfide) groups is 1. The summed E-state index contributed by atoms with van der Waals surface area (Å²) in [5.74, 6) is -0.0796. The number of amidine groups is 1. The van der Waals surface area contributed by atoms with Crippen LogP contribution < -0.4 is 5.32 Å². The smallest absolute Gasteiger partial charge is 0.236 e. The van der Waals surface area contributed by atoms with Gasteiger partial charge in [-0.25, -0.2) is 0 Å². The van der Waals surface area contributed by atoms with Gasteiger partial charge in [-0.3, -0.25) is 14.6 Å². The van der Waals surface area contributed by atoms with Crippen molar-refractivity contribution >= 4 is 39.3 Å². The van der Waals surface area contributed by atoms with E-state index in [4.69, 9.17) is 0 Å². The van der Waals surface area contributed by atoms with Gasteiger partial charge in [0.15, 0.2) is 5.17 Å². The fourth-order valence-corrected chi connectivity index (χ4v) is 2.87. The number of aliphatic imine (C=N–C) groups is 1. The topological polar surface area (TPSA) is 58.5 Å². The molecule has 0 aromatic carbocycles. The third-order valence-corrected chi connectivity index (χ3v) is 3.78. The van der Waals surface area contributed by atoms with Gasteiger partial charge in [0.25, 0.3) is 0 Å². The molecule has 0 radical (unpaired) electrons. The highest BCUT2D eigenvalue weighted by Gasteiger charge is 2.20. The number of hydrogen-bond acceptors (Lipinski definition) is 5. The summed E-state index contributed by atoms with van der Waals surface area (Å²) in [7, 11) is 0. The molecule has 1 amide bonds. The third kappa shape index (κ3) is 2.70. The second-order valence-corrected chi connectivity index (χ2v) is 5.31. The Bertz CT molecular complexity index is 440. The van der Waals surface area contributed by atoms with Crippen LogP contribution in [0.25, 0.3) is 0 Å². The van der Waals surface area contributed by atoms with E-state index in [1.165, 1.54) is 11.3 Å². The molecular formula is C10H10N2O2S2. The van der Waals surface area contributed by atoms with E-state index >= 15 is 0 Å². The van der Waals surface area contributed by atoms with Gasteiger partial charge in [-0.1, -0.05) is 6.07 Å². The Morgan fingerprint density at radius 1 is 1.69 bits per heavy atom. The summed E-state index contributed by atoms with van der Waals surface area (Å²) in [6.45, 7) is 1.86. The predicted molar refractivity (Wildman–Crippen MR) is 65.9 cm³/mol. The second kappa shape index (κ2) is 4.80. The molecular weight excluding hydrogens is 244 g/mol. The first-order chi connectivity index (χ1) is 7.65. The summed E-state index contributed by atoms with van der Waals surface area (Å²) in [6.07, 6.45) is 0.386. The first-order valence-corrected chi connectivity index (χ1v) is 6.48. The average molecular weight is 254 g/mol. The Hall–Kier alpha value is -1.14. The largest absolute Gasteiger partial charge is 0.305 e. The summed E-state index contributed by atoms with van der Waals surface area (Å²) < 4.78 is 0. The maximum absolute atomic E-state index is 11.7. The predicted octanol–water partition coefficient (Wildman–Crippen LogP) is 1.89. The van der Waals surface area contributed by atoms with Crippen LogP contribution in [0.5, 0.6) is 0 Å². The number of carbonyl (C=O) groups is 2. The van der Waals surface area contributed by atoms with Crippen LogP contribution in [-0.4, -0.2) is 22.2 Å². The van der Waals surface area contributed by atoms with Crippen molar-refractivity contribution in [2.24, 2.45) is 4.99 Å². The van der Waals surface area contributed by atoms with Gasteiger partial charge in [0.1, 0.15) is 0 Å². The Morgan fingerprint density at radius 2 is 2.50 bits per heavy atom. The maximum Gasteiger partial charge on any atom is 0.236 e. The Labute approximate surface area is 101 Å². The Balaban J connectivity index is 2.05. The minimum Gasteiger partial charge on any atom is -0.305 e. The molecule has 6 heteroatoms. The van der Waals surface area contributed by atoms with E-state index in [-0.39, 0.29) is 17.1 Å². The molecule has 0 saturated carbocycles. The molecule has 1 aliphatic rings. The lowest BCUT2D eigenvalue weighted by molar-refractivity contribution is -0.120.